The van der Waals surface area contributed by atoms with Crippen molar-refractivity contribution in [1.29, 1.82) is 0 Å². The van der Waals surface area contributed by atoms with E-state index in [1.54, 1.807) is 7.11 Å². The van der Waals surface area contributed by atoms with Crippen LogP contribution < -0.4 is 19.9 Å². The maximum absolute atomic E-state index is 6.36. The van der Waals surface area contributed by atoms with Gasteiger partial charge in [0.2, 0.25) is 0 Å². The molecule has 118 valence electrons. The fourth-order valence-corrected chi connectivity index (χ4v) is 2.26. The average molecular weight is 301 g/mol. The highest BCUT2D eigenvalue weighted by molar-refractivity contribution is 5.46. The van der Waals surface area contributed by atoms with Crippen molar-refractivity contribution < 1.29 is 14.2 Å². The van der Waals surface area contributed by atoms with Gasteiger partial charge >= 0.3 is 0 Å². The molecular weight excluding hydrogens is 278 g/mol. The molecule has 22 heavy (non-hydrogen) atoms. The summed E-state index contributed by atoms with van der Waals surface area (Å²) in [6, 6.07) is 13.4. The highest BCUT2D eigenvalue weighted by Gasteiger charge is 2.13. The van der Waals surface area contributed by atoms with Crippen LogP contribution in [0.3, 0.4) is 0 Å². The van der Waals surface area contributed by atoms with Crippen molar-refractivity contribution >= 4 is 0 Å². The Bertz CT molecular complexity index is 596. The first kappa shape index (κ1) is 16.2. The molecule has 0 amide bonds. The van der Waals surface area contributed by atoms with E-state index in [2.05, 4.69) is 0 Å². The molecule has 0 saturated heterocycles. The van der Waals surface area contributed by atoms with Crippen LogP contribution in [0.1, 0.15) is 31.0 Å². The molecule has 4 nitrogen and oxygen atoms in total. The van der Waals surface area contributed by atoms with E-state index in [1.165, 1.54) is 0 Å². The molecule has 0 radical (unpaired) electrons. The fraction of sp³-hybridized carbons (Fsp3) is 0.333. The van der Waals surface area contributed by atoms with E-state index in [4.69, 9.17) is 19.9 Å². The molecule has 2 aromatic carbocycles. The predicted molar refractivity (Wildman–Crippen MR) is 87.8 cm³/mol. The summed E-state index contributed by atoms with van der Waals surface area (Å²) >= 11 is 0. The van der Waals surface area contributed by atoms with E-state index in [9.17, 15) is 0 Å². The highest BCUT2D eigenvalue weighted by atomic mass is 16.5. The van der Waals surface area contributed by atoms with Crippen LogP contribution in [-0.2, 0) is 0 Å². The Hall–Kier alpha value is -2.20. The van der Waals surface area contributed by atoms with Gasteiger partial charge in [-0.05, 0) is 49.2 Å². The lowest BCUT2D eigenvalue weighted by molar-refractivity contribution is 0.287. The molecule has 0 heterocycles. The molecule has 0 aliphatic rings. The molecule has 4 heteroatoms. The minimum atomic E-state index is -0.221. The van der Waals surface area contributed by atoms with Crippen LogP contribution in [0.5, 0.6) is 17.2 Å². The van der Waals surface area contributed by atoms with Crippen molar-refractivity contribution in [3.63, 3.8) is 0 Å². The maximum Gasteiger partial charge on any atom is 0.161 e. The minimum Gasteiger partial charge on any atom is -0.497 e. The second-order valence-corrected chi connectivity index (χ2v) is 4.82. The van der Waals surface area contributed by atoms with Gasteiger partial charge in [0.25, 0.3) is 0 Å². The number of hydrogen-bond donors (Lipinski definition) is 1. The number of methoxy groups -OCH3 is 1. The van der Waals surface area contributed by atoms with Crippen LogP contribution in [0.15, 0.2) is 42.5 Å². The molecule has 2 rings (SSSR count). The second-order valence-electron chi connectivity index (χ2n) is 4.82. The van der Waals surface area contributed by atoms with E-state index in [0.717, 1.165) is 28.4 Å². The van der Waals surface area contributed by atoms with Crippen molar-refractivity contribution in [2.45, 2.75) is 19.9 Å². The second kappa shape index (κ2) is 7.71. The Morgan fingerprint density at radius 2 is 1.45 bits per heavy atom. The zero-order valence-corrected chi connectivity index (χ0v) is 13.3. The van der Waals surface area contributed by atoms with Gasteiger partial charge in [0.1, 0.15) is 5.75 Å². The van der Waals surface area contributed by atoms with Gasteiger partial charge in [-0.3, -0.25) is 0 Å². The van der Waals surface area contributed by atoms with Crippen molar-refractivity contribution in [3.05, 3.63) is 53.6 Å². The zero-order valence-electron chi connectivity index (χ0n) is 13.3. The zero-order chi connectivity index (χ0) is 15.9. The molecule has 0 bridgehead atoms. The van der Waals surface area contributed by atoms with Gasteiger partial charge in [-0.15, -0.1) is 0 Å². The third-order valence-electron chi connectivity index (χ3n) is 3.40. The van der Waals surface area contributed by atoms with Crippen LogP contribution in [-0.4, -0.2) is 20.3 Å². The first-order valence-electron chi connectivity index (χ1n) is 7.48. The Kier molecular flexibility index (Phi) is 5.67. The van der Waals surface area contributed by atoms with E-state index in [1.807, 2.05) is 56.3 Å². The molecule has 0 aromatic heterocycles. The molecule has 0 fully saturated rings. The van der Waals surface area contributed by atoms with Crippen molar-refractivity contribution in [1.82, 2.24) is 0 Å². The molecule has 0 saturated carbocycles. The van der Waals surface area contributed by atoms with E-state index in [-0.39, 0.29) is 6.04 Å². The van der Waals surface area contributed by atoms with Crippen LogP contribution in [0.4, 0.5) is 0 Å². The lowest BCUT2D eigenvalue weighted by Gasteiger charge is -2.17. The SMILES string of the molecule is CCOc1ccc(C(N)c2ccc(OC)cc2)cc1OCC. The van der Waals surface area contributed by atoms with Crippen molar-refractivity contribution in [2.24, 2.45) is 5.73 Å². The fourth-order valence-electron chi connectivity index (χ4n) is 2.26. The summed E-state index contributed by atoms with van der Waals surface area (Å²) in [4.78, 5) is 0. The summed E-state index contributed by atoms with van der Waals surface area (Å²) in [5.41, 5.74) is 8.36. The summed E-state index contributed by atoms with van der Waals surface area (Å²) in [6.07, 6.45) is 0. The van der Waals surface area contributed by atoms with Gasteiger partial charge in [0.05, 0.1) is 26.4 Å². The van der Waals surface area contributed by atoms with Crippen molar-refractivity contribution in [3.8, 4) is 17.2 Å². The molecule has 1 atom stereocenters. The molecular formula is C18H23NO3. The summed E-state index contributed by atoms with van der Waals surface area (Å²) in [5.74, 6) is 2.29. The largest absolute Gasteiger partial charge is 0.497 e. The number of hydrogen-bond acceptors (Lipinski definition) is 4. The molecule has 2 N–H and O–H groups in total. The third-order valence-corrected chi connectivity index (χ3v) is 3.40. The van der Waals surface area contributed by atoms with Crippen LogP contribution >= 0.6 is 0 Å². The normalized spacial score (nSPS) is 11.8. The molecule has 1 unspecified atom stereocenters. The Morgan fingerprint density at radius 3 is 2.05 bits per heavy atom. The van der Waals surface area contributed by atoms with E-state index >= 15 is 0 Å². The number of rotatable bonds is 7. The Labute approximate surface area is 131 Å². The predicted octanol–water partition coefficient (Wildman–Crippen LogP) is 3.54. The molecule has 2 aromatic rings. The quantitative estimate of drug-likeness (QED) is 0.850. The molecule has 0 aliphatic carbocycles. The molecule has 0 spiro atoms. The van der Waals surface area contributed by atoms with Crippen molar-refractivity contribution in [2.75, 3.05) is 20.3 Å². The summed E-state index contributed by atoms with van der Waals surface area (Å²) in [6.45, 7) is 5.09. The maximum atomic E-state index is 6.36. The lowest BCUT2D eigenvalue weighted by Crippen LogP contribution is -2.12. The highest BCUT2D eigenvalue weighted by Crippen LogP contribution is 2.32. The first-order valence-corrected chi connectivity index (χ1v) is 7.48. The average Bonchev–Trinajstić information content (AvgIpc) is 2.56. The smallest absolute Gasteiger partial charge is 0.161 e. The topological polar surface area (TPSA) is 53.7 Å². The summed E-state index contributed by atoms with van der Waals surface area (Å²) in [5, 5.41) is 0. The summed E-state index contributed by atoms with van der Waals surface area (Å²) < 4.78 is 16.4. The van der Waals surface area contributed by atoms with E-state index in [0.29, 0.717) is 13.2 Å². The van der Waals surface area contributed by atoms with Gasteiger partial charge in [-0.2, -0.15) is 0 Å². The number of benzene rings is 2. The van der Waals surface area contributed by atoms with Crippen LogP contribution in [0.25, 0.3) is 0 Å². The Morgan fingerprint density at radius 1 is 0.864 bits per heavy atom. The lowest BCUT2D eigenvalue weighted by atomic mass is 9.99. The van der Waals surface area contributed by atoms with E-state index < -0.39 is 0 Å². The minimum absolute atomic E-state index is 0.221. The Balaban J connectivity index is 2.27. The van der Waals surface area contributed by atoms with Crippen LogP contribution in [0.2, 0.25) is 0 Å². The van der Waals surface area contributed by atoms with Crippen LogP contribution in [0, 0.1) is 0 Å². The van der Waals surface area contributed by atoms with Gasteiger partial charge < -0.3 is 19.9 Å². The monoisotopic (exact) mass is 301 g/mol. The first-order chi connectivity index (χ1) is 10.7. The third kappa shape index (κ3) is 3.71. The number of nitrogens with two attached hydrogens (primary N) is 1. The summed E-state index contributed by atoms with van der Waals surface area (Å²) in [7, 11) is 1.65. The van der Waals surface area contributed by atoms with Gasteiger partial charge in [0.15, 0.2) is 11.5 Å². The number of ether oxygens (including phenoxy) is 3. The molecule has 0 aliphatic heterocycles. The van der Waals surface area contributed by atoms with Gasteiger partial charge in [-0.1, -0.05) is 18.2 Å². The standard InChI is InChI=1S/C18H23NO3/c1-4-21-16-11-8-14(12-17(16)22-5-2)18(19)13-6-9-15(20-3)10-7-13/h6-12,18H,4-5,19H2,1-3H3. The van der Waals surface area contributed by atoms with Gasteiger partial charge in [-0.25, -0.2) is 0 Å². The van der Waals surface area contributed by atoms with Gasteiger partial charge in [0, 0.05) is 0 Å².